The minimum Gasteiger partial charge on any atom is -0.302 e. The maximum atomic E-state index is 4.20. The lowest BCUT2D eigenvalue weighted by Crippen LogP contribution is -2.52. The molecule has 0 aromatic heterocycles. The van der Waals surface area contributed by atoms with E-state index in [1.807, 2.05) is 0 Å². The third kappa shape index (κ3) is 4.34. The van der Waals surface area contributed by atoms with E-state index in [9.17, 15) is 0 Å². The fourth-order valence-electron chi connectivity index (χ4n) is 6.71. The zero-order valence-electron chi connectivity index (χ0n) is 21.7. The molecule has 3 aliphatic rings. The van der Waals surface area contributed by atoms with Crippen LogP contribution in [0.1, 0.15) is 82.3 Å². The molecular formula is C36H34N2. The maximum Gasteiger partial charge on any atom is 0.0591 e. The Morgan fingerprint density at radius 3 is 1.00 bits per heavy atom. The number of fused-ring (bicyclic) bond motifs is 4. The summed E-state index contributed by atoms with van der Waals surface area (Å²) in [6, 6.07) is 36.6. The van der Waals surface area contributed by atoms with E-state index in [-0.39, 0.29) is 12.1 Å². The van der Waals surface area contributed by atoms with Crippen LogP contribution < -0.4 is 10.6 Å². The Bertz CT molecular complexity index is 1300. The normalized spacial score (nSPS) is 20.5. The average Bonchev–Trinajstić information content (AvgIpc) is 3.23. The molecule has 4 aromatic rings. The van der Waals surface area contributed by atoms with Crippen molar-refractivity contribution in [1.82, 2.24) is 10.6 Å². The van der Waals surface area contributed by atoms with Crippen LogP contribution in [0.4, 0.5) is 0 Å². The second-order valence-electron chi connectivity index (χ2n) is 10.9. The monoisotopic (exact) mass is 494 g/mol. The number of nitrogens with one attached hydrogen (secondary N) is 2. The second kappa shape index (κ2) is 10.2. The third-order valence-electron chi connectivity index (χ3n) is 8.64. The molecule has 3 aliphatic carbocycles. The zero-order valence-corrected chi connectivity index (χ0v) is 21.7. The minimum absolute atomic E-state index is 0.167. The summed E-state index contributed by atoms with van der Waals surface area (Å²) in [6.45, 7) is 0. The van der Waals surface area contributed by atoms with Crippen molar-refractivity contribution in [3.05, 3.63) is 142 Å². The Morgan fingerprint density at radius 1 is 0.395 bits per heavy atom. The van der Waals surface area contributed by atoms with Crippen molar-refractivity contribution in [2.24, 2.45) is 0 Å². The van der Waals surface area contributed by atoms with Crippen LogP contribution in [0.2, 0.25) is 0 Å². The fraction of sp³-hybridized carbons (Fsp3) is 0.222. The van der Waals surface area contributed by atoms with Gasteiger partial charge in [0.15, 0.2) is 0 Å². The first-order chi connectivity index (χ1) is 18.8. The van der Waals surface area contributed by atoms with Crippen LogP contribution >= 0.6 is 0 Å². The number of rotatable bonds is 4. The van der Waals surface area contributed by atoms with E-state index in [4.69, 9.17) is 0 Å². The molecule has 188 valence electrons. The Labute approximate surface area is 226 Å². The topological polar surface area (TPSA) is 24.1 Å². The first-order valence-corrected chi connectivity index (χ1v) is 14.1. The molecule has 0 heterocycles. The van der Waals surface area contributed by atoms with Gasteiger partial charge in [-0.15, -0.1) is 0 Å². The molecule has 2 atom stereocenters. The molecule has 2 heteroatoms. The zero-order chi connectivity index (χ0) is 25.3. The summed E-state index contributed by atoms with van der Waals surface area (Å²) in [5, 5.41) is 8.39. The van der Waals surface area contributed by atoms with Gasteiger partial charge in [0.05, 0.1) is 12.1 Å². The van der Waals surface area contributed by atoms with E-state index >= 15 is 0 Å². The van der Waals surface area contributed by atoms with Crippen molar-refractivity contribution in [2.75, 3.05) is 0 Å². The molecule has 7 rings (SSSR count). The highest BCUT2D eigenvalue weighted by Crippen LogP contribution is 2.37. The summed E-state index contributed by atoms with van der Waals surface area (Å²) >= 11 is 0. The van der Waals surface area contributed by atoms with Crippen molar-refractivity contribution in [2.45, 2.75) is 49.9 Å². The predicted molar refractivity (Wildman–Crippen MR) is 160 cm³/mol. The molecular weight excluding hydrogens is 460 g/mol. The highest BCUT2D eigenvalue weighted by atomic mass is 15.1. The van der Waals surface area contributed by atoms with E-state index < -0.39 is 0 Å². The Balaban J connectivity index is 1.25. The van der Waals surface area contributed by atoms with Gasteiger partial charge in [0.1, 0.15) is 0 Å². The number of benzene rings is 4. The van der Waals surface area contributed by atoms with Gasteiger partial charge >= 0.3 is 0 Å². The fourth-order valence-corrected chi connectivity index (χ4v) is 6.71. The number of hydrogen-bond donors (Lipinski definition) is 2. The molecule has 0 amide bonds. The number of hydrogen-bond acceptors (Lipinski definition) is 2. The summed E-state index contributed by atoms with van der Waals surface area (Å²) in [6.07, 6.45) is 14.0. The molecule has 1 fully saturated rings. The lowest BCUT2D eigenvalue weighted by Gasteiger charge is -2.39. The molecule has 0 radical (unpaired) electrons. The lowest BCUT2D eigenvalue weighted by molar-refractivity contribution is 0.261. The lowest BCUT2D eigenvalue weighted by atomic mass is 9.85. The molecule has 2 nitrogen and oxygen atoms in total. The van der Waals surface area contributed by atoms with Gasteiger partial charge in [0.2, 0.25) is 0 Å². The molecule has 2 N–H and O–H groups in total. The van der Waals surface area contributed by atoms with Gasteiger partial charge in [0, 0.05) is 12.1 Å². The first kappa shape index (κ1) is 23.4. The molecule has 0 spiro atoms. The van der Waals surface area contributed by atoms with Crippen LogP contribution in [0.15, 0.2) is 97.1 Å². The van der Waals surface area contributed by atoms with E-state index in [1.165, 1.54) is 70.2 Å². The van der Waals surface area contributed by atoms with Gasteiger partial charge in [-0.25, -0.2) is 0 Å². The van der Waals surface area contributed by atoms with Crippen LogP contribution in [0.25, 0.3) is 24.3 Å². The smallest absolute Gasteiger partial charge is 0.0591 e. The first-order valence-electron chi connectivity index (χ1n) is 14.1. The van der Waals surface area contributed by atoms with Crippen LogP contribution in [-0.2, 0) is 0 Å². The van der Waals surface area contributed by atoms with Crippen LogP contribution in [0, 0.1) is 0 Å². The van der Waals surface area contributed by atoms with E-state index in [0.29, 0.717) is 12.1 Å². The summed E-state index contributed by atoms with van der Waals surface area (Å²) in [7, 11) is 0. The Hall–Kier alpha value is -3.72. The summed E-state index contributed by atoms with van der Waals surface area (Å²) in [4.78, 5) is 0. The summed E-state index contributed by atoms with van der Waals surface area (Å²) < 4.78 is 0. The molecule has 0 aliphatic heterocycles. The summed E-state index contributed by atoms with van der Waals surface area (Å²) in [5.41, 5.74) is 10.7. The average molecular weight is 495 g/mol. The van der Waals surface area contributed by atoms with Crippen LogP contribution in [-0.4, -0.2) is 12.1 Å². The molecule has 4 aromatic carbocycles. The SMILES string of the molecule is C1=Cc2ccccc2C(N[C@H]2CCCC[C@@H]2NC2c3ccccc3C=Cc3ccccc32)c2ccccc21. The van der Waals surface area contributed by atoms with E-state index in [0.717, 1.165) is 0 Å². The van der Waals surface area contributed by atoms with Crippen molar-refractivity contribution in [3.63, 3.8) is 0 Å². The molecule has 0 unspecified atom stereocenters. The minimum atomic E-state index is 0.167. The highest BCUT2D eigenvalue weighted by molar-refractivity contribution is 5.77. The highest BCUT2D eigenvalue weighted by Gasteiger charge is 2.33. The van der Waals surface area contributed by atoms with Crippen LogP contribution in [0.5, 0.6) is 0 Å². The van der Waals surface area contributed by atoms with Crippen molar-refractivity contribution < 1.29 is 0 Å². The van der Waals surface area contributed by atoms with Gasteiger partial charge in [-0.3, -0.25) is 0 Å². The molecule has 0 saturated heterocycles. The van der Waals surface area contributed by atoms with Crippen molar-refractivity contribution >= 4 is 24.3 Å². The standard InChI is InChI=1S/C36H34N2/c1-5-15-29-25(11-1)21-22-26-12-2-6-16-30(26)35(29)37-33-19-9-10-20-34(33)38-36-31-17-7-3-13-27(31)23-24-28-14-4-8-18-32(28)36/h1-8,11-18,21-24,33-38H,9-10,19-20H2/t33-,34-/m0/s1. The maximum absolute atomic E-state index is 4.20. The summed E-state index contributed by atoms with van der Waals surface area (Å²) in [5.74, 6) is 0. The Morgan fingerprint density at radius 2 is 0.684 bits per heavy atom. The van der Waals surface area contributed by atoms with E-state index in [1.54, 1.807) is 0 Å². The second-order valence-corrected chi connectivity index (χ2v) is 10.9. The van der Waals surface area contributed by atoms with Gasteiger partial charge < -0.3 is 10.6 Å². The third-order valence-corrected chi connectivity index (χ3v) is 8.64. The van der Waals surface area contributed by atoms with Gasteiger partial charge in [-0.2, -0.15) is 0 Å². The van der Waals surface area contributed by atoms with Crippen molar-refractivity contribution in [3.8, 4) is 0 Å². The van der Waals surface area contributed by atoms with Crippen LogP contribution in [0.3, 0.4) is 0 Å². The molecule has 1 saturated carbocycles. The molecule has 38 heavy (non-hydrogen) atoms. The largest absolute Gasteiger partial charge is 0.302 e. The van der Waals surface area contributed by atoms with Gasteiger partial charge in [-0.05, 0) is 57.3 Å². The molecule has 0 bridgehead atoms. The van der Waals surface area contributed by atoms with E-state index in [2.05, 4.69) is 132 Å². The Kier molecular flexibility index (Phi) is 6.29. The predicted octanol–water partition coefficient (Wildman–Crippen LogP) is 8.02. The van der Waals surface area contributed by atoms with Crippen molar-refractivity contribution in [1.29, 1.82) is 0 Å². The van der Waals surface area contributed by atoms with Gasteiger partial charge in [0.25, 0.3) is 0 Å². The van der Waals surface area contributed by atoms with Gasteiger partial charge in [-0.1, -0.05) is 134 Å². The quantitative estimate of drug-likeness (QED) is 0.300.